The molecule has 0 aromatic carbocycles. The first kappa shape index (κ1) is 11.1. The van der Waals surface area contributed by atoms with E-state index in [4.69, 9.17) is 0 Å². The Balaban J connectivity index is 1.47. The quantitative estimate of drug-likeness (QED) is 0.785. The molecule has 5 fully saturated rings. The van der Waals surface area contributed by atoms with Gasteiger partial charge in [0.05, 0.1) is 5.41 Å². The van der Waals surface area contributed by atoms with Crippen molar-refractivity contribution in [2.45, 2.75) is 51.4 Å². The van der Waals surface area contributed by atoms with Crippen LogP contribution in [0.25, 0.3) is 0 Å². The molecule has 4 aliphatic carbocycles. The van der Waals surface area contributed by atoms with E-state index in [0.717, 1.165) is 30.8 Å². The number of nitrogens with one attached hydrogen (secondary N) is 1. The first-order valence-electron chi connectivity index (χ1n) is 8.27. The number of fused-ring (bicyclic) bond motifs is 2. The van der Waals surface area contributed by atoms with E-state index in [-0.39, 0.29) is 5.41 Å². The Bertz CT molecular complexity index is 440. The first-order chi connectivity index (χ1) is 9.22. The number of amides is 1. The Kier molecular flexibility index (Phi) is 1.97. The summed E-state index contributed by atoms with van der Waals surface area (Å²) in [5.74, 6) is 3.24. The van der Waals surface area contributed by atoms with Crippen LogP contribution in [0.5, 0.6) is 0 Å². The molecule has 0 radical (unpaired) electrons. The summed E-state index contributed by atoms with van der Waals surface area (Å²) in [7, 11) is 0. The van der Waals surface area contributed by atoms with Gasteiger partial charge in [0, 0.05) is 13.1 Å². The second kappa shape index (κ2) is 3.36. The van der Waals surface area contributed by atoms with E-state index in [1.54, 1.807) is 0 Å². The van der Waals surface area contributed by atoms with Crippen LogP contribution in [0.1, 0.15) is 51.4 Å². The lowest BCUT2D eigenvalue weighted by Crippen LogP contribution is -2.53. The van der Waals surface area contributed by atoms with Crippen molar-refractivity contribution in [2.24, 2.45) is 28.6 Å². The largest absolute Gasteiger partial charge is 0.278 e. The van der Waals surface area contributed by atoms with Crippen LogP contribution in [0.3, 0.4) is 0 Å². The zero-order valence-corrected chi connectivity index (χ0v) is 11.7. The van der Waals surface area contributed by atoms with E-state index in [1.807, 2.05) is 5.01 Å². The van der Waals surface area contributed by atoms with Crippen molar-refractivity contribution in [1.82, 2.24) is 10.4 Å². The predicted molar refractivity (Wildman–Crippen MR) is 72.0 cm³/mol. The zero-order valence-electron chi connectivity index (χ0n) is 11.7. The molecule has 4 saturated carbocycles. The van der Waals surface area contributed by atoms with Gasteiger partial charge < -0.3 is 0 Å². The van der Waals surface area contributed by atoms with Gasteiger partial charge in [-0.05, 0) is 74.5 Å². The van der Waals surface area contributed by atoms with Crippen LogP contribution in [-0.4, -0.2) is 24.0 Å². The van der Waals surface area contributed by atoms with E-state index in [9.17, 15) is 4.79 Å². The number of hydrogen-bond acceptors (Lipinski definition) is 2. The van der Waals surface area contributed by atoms with Gasteiger partial charge in [0.15, 0.2) is 0 Å². The molecule has 1 aliphatic heterocycles. The van der Waals surface area contributed by atoms with E-state index in [2.05, 4.69) is 5.43 Å². The monoisotopic (exact) mass is 260 g/mol. The number of nitrogens with zero attached hydrogens (tertiary/aromatic N) is 1. The van der Waals surface area contributed by atoms with E-state index < -0.39 is 0 Å². The number of carbonyl (C=O) groups is 1. The molecule has 5 atom stereocenters. The molecule has 5 unspecified atom stereocenters. The molecular weight excluding hydrogens is 236 g/mol. The maximum Gasteiger partial charge on any atom is 0.242 e. The summed E-state index contributed by atoms with van der Waals surface area (Å²) < 4.78 is 0. The molecule has 1 saturated heterocycles. The van der Waals surface area contributed by atoms with Gasteiger partial charge >= 0.3 is 0 Å². The van der Waals surface area contributed by atoms with Gasteiger partial charge in [-0.1, -0.05) is 0 Å². The summed E-state index contributed by atoms with van der Waals surface area (Å²) in [5.41, 5.74) is 4.03. The fourth-order valence-corrected chi connectivity index (χ4v) is 6.76. The minimum Gasteiger partial charge on any atom is -0.278 e. The third kappa shape index (κ3) is 1.22. The van der Waals surface area contributed by atoms with Crippen LogP contribution in [-0.2, 0) is 4.79 Å². The summed E-state index contributed by atoms with van der Waals surface area (Å²) in [6, 6.07) is 0. The fourth-order valence-electron chi connectivity index (χ4n) is 6.76. The van der Waals surface area contributed by atoms with Gasteiger partial charge in [-0.2, -0.15) is 0 Å². The van der Waals surface area contributed by atoms with Crippen LogP contribution in [0.15, 0.2) is 0 Å². The van der Waals surface area contributed by atoms with Crippen molar-refractivity contribution in [3.63, 3.8) is 0 Å². The van der Waals surface area contributed by atoms with Crippen molar-refractivity contribution < 1.29 is 4.79 Å². The summed E-state index contributed by atoms with van der Waals surface area (Å²) >= 11 is 0. The average molecular weight is 260 g/mol. The van der Waals surface area contributed by atoms with Crippen LogP contribution in [0, 0.1) is 28.6 Å². The normalized spacial score (nSPS) is 54.1. The number of carbonyl (C=O) groups excluding carboxylic acids is 1. The molecular formula is C16H24N2O. The maximum atomic E-state index is 13.1. The van der Waals surface area contributed by atoms with Crippen molar-refractivity contribution in [2.75, 3.05) is 13.1 Å². The SMILES string of the molecule is O=C(N1CCCCN1)C12CC3CC4CC(C1)C4(C3)C2. The Morgan fingerprint density at radius 3 is 2.89 bits per heavy atom. The lowest BCUT2D eigenvalue weighted by atomic mass is 9.55. The van der Waals surface area contributed by atoms with E-state index in [1.165, 1.54) is 51.4 Å². The highest BCUT2D eigenvalue weighted by Gasteiger charge is 2.72. The van der Waals surface area contributed by atoms with Gasteiger partial charge in [-0.15, -0.1) is 0 Å². The highest BCUT2D eigenvalue weighted by molar-refractivity contribution is 5.83. The third-order valence-corrected chi connectivity index (χ3v) is 7.28. The molecule has 19 heavy (non-hydrogen) atoms. The van der Waals surface area contributed by atoms with Crippen LogP contribution in [0.2, 0.25) is 0 Å². The predicted octanol–water partition coefficient (Wildman–Crippen LogP) is 2.33. The average Bonchev–Trinajstić information content (AvgIpc) is 2.75. The van der Waals surface area contributed by atoms with E-state index >= 15 is 0 Å². The Morgan fingerprint density at radius 1 is 1.11 bits per heavy atom. The van der Waals surface area contributed by atoms with Gasteiger partial charge in [-0.3, -0.25) is 9.80 Å². The molecule has 0 aromatic rings. The topological polar surface area (TPSA) is 32.3 Å². The van der Waals surface area contributed by atoms with Gasteiger partial charge in [0.1, 0.15) is 0 Å². The highest BCUT2D eigenvalue weighted by Crippen LogP contribution is 2.79. The smallest absolute Gasteiger partial charge is 0.242 e. The molecule has 5 aliphatic rings. The maximum absolute atomic E-state index is 13.1. The van der Waals surface area contributed by atoms with Crippen LogP contribution in [0.4, 0.5) is 0 Å². The Labute approximate surface area is 115 Å². The van der Waals surface area contributed by atoms with Crippen molar-refractivity contribution >= 4 is 5.91 Å². The van der Waals surface area contributed by atoms with Crippen LogP contribution < -0.4 is 5.43 Å². The molecule has 1 heterocycles. The standard InChI is InChI=1S/C16H24N2O/c19-14(18-4-2-1-3-17-18)15-7-11-5-12-6-13(9-15)16(12,8-11)10-15/h11-13,17H,1-10H2. The minimum absolute atomic E-state index is 0.0448. The fraction of sp³-hybridized carbons (Fsp3) is 0.938. The zero-order chi connectivity index (χ0) is 12.7. The van der Waals surface area contributed by atoms with Gasteiger partial charge in [0.25, 0.3) is 0 Å². The van der Waals surface area contributed by atoms with Crippen molar-refractivity contribution in [3.8, 4) is 0 Å². The molecule has 0 aromatic heterocycles. The second-order valence-corrected chi connectivity index (χ2v) is 8.11. The molecule has 1 amide bonds. The third-order valence-electron chi connectivity index (χ3n) is 7.28. The van der Waals surface area contributed by atoms with E-state index in [0.29, 0.717) is 11.3 Å². The first-order valence-corrected chi connectivity index (χ1v) is 8.27. The molecule has 5 rings (SSSR count). The molecule has 3 heteroatoms. The number of hydrazine groups is 1. The van der Waals surface area contributed by atoms with Crippen molar-refractivity contribution in [1.29, 1.82) is 0 Å². The molecule has 104 valence electrons. The van der Waals surface area contributed by atoms with Gasteiger partial charge in [-0.25, -0.2) is 5.43 Å². The Morgan fingerprint density at radius 2 is 2.05 bits per heavy atom. The number of hydrogen-bond donors (Lipinski definition) is 1. The van der Waals surface area contributed by atoms with Gasteiger partial charge in [0.2, 0.25) is 5.91 Å². The summed E-state index contributed by atoms with van der Waals surface area (Å²) in [4.78, 5) is 13.1. The van der Waals surface area contributed by atoms with Crippen molar-refractivity contribution in [3.05, 3.63) is 0 Å². The minimum atomic E-state index is 0.0448. The Hall–Kier alpha value is -0.570. The second-order valence-electron chi connectivity index (χ2n) is 8.11. The van der Waals surface area contributed by atoms with Crippen LogP contribution >= 0.6 is 0 Å². The summed E-state index contributed by atoms with van der Waals surface area (Å²) in [6.45, 7) is 1.93. The lowest BCUT2D eigenvalue weighted by molar-refractivity contribution is -0.149. The lowest BCUT2D eigenvalue weighted by Gasteiger charge is -2.49. The number of rotatable bonds is 1. The molecule has 3 bridgehead atoms. The molecule has 1 spiro atoms. The molecule has 1 N–H and O–H groups in total. The summed E-state index contributed by atoms with van der Waals surface area (Å²) in [5, 5.41) is 1.99. The highest BCUT2D eigenvalue weighted by atomic mass is 16.2. The molecule has 3 nitrogen and oxygen atoms in total. The summed E-state index contributed by atoms with van der Waals surface area (Å²) in [6.07, 6.45) is 10.4.